The van der Waals surface area contributed by atoms with Crippen LogP contribution in [-0.2, 0) is 11.2 Å². The van der Waals surface area contributed by atoms with Crippen molar-refractivity contribution in [3.8, 4) is 0 Å². The van der Waals surface area contributed by atoms with Gasteiger partial charge in [0, 0.05) is 17.1 Å². The zero-order valence-electron chi connectivity index (χ0n) is 17.6. The Morgan fingerprint density at radius 1 is 0.800 bits per heavy atom. The standard InChI is InChI=1S/C25H27N3O2/c1-4-19-12-14-20(15-13-19)27-25(30)21-9-5-6-10-23(21)26-16-24(29)28-22-11-7-8-17(2)18(22)3/h5-15,26H,4,16H2,1-3H3,(H,27,30)(H,28,29). The highest BCUT2D eigenvalue weighted by molar-refractivity contribution is 6.08. The smallest absolute Gasteiger partial charge is 0.257 e. The molecule has 0 saturated heterocycles. The third-order valence-electron chi connectivity index (χ3n) is 5.11. The first-order valence-corrected chi connectivity index (χ1v) is 10.1. The first-order valence-electron chi connectivity index (χ1n) is 10.1. The van der Waals surface area contributed by atoms with Crippen LogP contribution in [0.4, 0.5) is 17.1 Å². The molecule has 5 nitrogen and oxygen atoms in total. The SMILES string of the molecule is CCc1ccc(NC(=O)c2ccccc2NCC(=O)Nc2cccc(C)c2C)cc1. The van der Waals surface area contributed by atoms with Crippen LogP contribution in [0.5, 0.6) is 0 Å². The minimum Gasteiger partial charge on any atom is -0.376 e. The van der Waals surface area contributed by atoms with Crippen LogP contribution < -0.4 is 16.0 Å². The first-order chi connectivity index (χ1) is 14.5. The molecule has 0 aromatic heterocycles. The fourth-order valence-electron chi connectivity index (χ4n) is 3.11. The molecule has 0 bridgehead atoms. The van der Waals surface area contributed by atoms with E-state index < -0.39 is 0 Å². The molecule has 3 aromatic rings. The van der Waals surface area contributed by atoms with Crippen molar-refractivity contribution in [2.24, 2.45) is 0 Å². The van der Waals surface area contributed by atoms with E-state index in [9.17, 15) is 9.59 Å². The Hall–Kier alpha value is -3.60. The van der Waals surface area contributed by atoms with Gasteiger partial charge in [0.2, 0.25) is 5.91 Å². The maximum atomic E-state index is 12.8. The second-order valence-corrected chi connectivity index (χ2v) is 7.20. The lowest BCUT2D eigenvalue weighted by atomic mass is 10.1. The quantitative estimate of drug-likeness (QED) is 0.512. The maximum absolute atomic E-state index is 12.8. The van der Waals surface area contributed by atoms with Crippen LogP contribution in [0.1, 0.15) is 34.0 Å². The van der Waals surface area contributed by atoms with Gasteiger partial charge in [0.05, 0.1) is 12.1 Å². The molecule has 0 aliphatic rings. The molecule has 2 amide bonds. The third-order valence-corrected chi connectivity index (χ3v) is 5.11. The number of anilines is 3. The summed E-state index contributed by atoms with van der Waals surface area (Å²) in [5.41, 5.74) is 6.00. The van der Waals surface area contributed by atoms with E-state index in [1.807, 2.05) is 62.4 Å². The lowest BCUT2D eigenvalue weighted by molar-refractivity contribution is -0.114. The Morgan fingerprint density at radius 2 is 1.50 bits per heavy atom. The molecule has 0 radical (unpaired) electrons. The monoisotopic (exact) mass is 401 g/mol. The van der Waals surface area contributed by atoms with Crippen LogP contribution in [-0.4, -0.2) is 18.4 Å². The second-order valence-electron chi connectivity index (χ2n) is 7.20. The summed E-state index contributed by atoms with van der Waals surface area (Å²) in [6.07, 6.45) is 0.950. The van der Waals surface area contributed by atoms with E-state index in [0.29, 0.717) is 11.3 Å². The summed E-state index contributed by atoms with van der Waals surface area (Å²) in [5, 5.41) is 8.91. The largest absolute Gasteiger partial charge is 0.376 e. The van der Waals surface area contributed by atoms with Crippen molar-refractivity contribution in [1.29, 1.82) is 0 Å². The molecule has 3 N–H and O–H groups in total. The lowest BCUT2D eigenvalue weighted by Gasteiger charge is -2.14. The highest BCUT2D eigenvalue weighted by Gasteiger charge is 2.13. The molecule has 3 rings (SSSR count). The molecule has 0 heterocycles. The van der Waals surface area contributed by atoms with Crippen molar-refractivity contribution in [2.75, 3.05) is 22.5 Å². The Morgan fingerprint density at radius 3 is 2.23 bits per heavy atom. The molecular weight excluding hydrogens is 374 g/mol. The van der Waals surface area contributed by atoms with Crippen LogP contribution in [0.25, 0.3) is 0 Å². The number of aryl methyl sites for hydroxylation is 2. The Bertz CT molecular complexity index is 1040. The number of hydrogen-bond donors (Lipinski definition) is 3. The minimum absolute atomic E-state index is 0.0584. The fraction of sp³-hybridized carbons (Fsp3) is 0.200. The van der Waals surface area contributed by atoms with Gasteiger partial charge in [-0.3, -0.25) is 9.59 Å². The predicted molar refractivity (Wildman–Crippen MR) is 123 cm³/mol. The molecule has 0 aliphatic carbocycles. The van der Waals surface area contributed by atoms with Crippen LogP contribution in [0.3, 0.4) is 0 Å². The fourth-order valence-corrected chi connectivity index (χ4v) is 3.11. The molecule has 0 aliphatic heterocycles. The van der Waals surface area contributed by atoms with E-state index >= 15 is 0 Å². The second kappa shape index (κ2) is 9.74. The zero-order valence-corrected chi connectivity index (χ0v) is 17.6. The number of nitrogens with one attached hydrogen (secondary N) is 3. The topological polar surface area (TPSA) is 70.2 Å². The molecule has 0 atom stereocenters. The molecule has 30 heavy (non-hydrogen) atoms. The lowest BCUT2D eigenvalue weighted by Crippen LogP contribution is -2.23. The number of para-hydroxylation sites is 1. The number of benzene rings is 3. The van der Waals surface area contributed by atoms with Crippen molar-refractivity contribution >= 4 is 28.9 Å². The Balaban J connectivity index is 1.65. The van der Waals surface area contributed by atoms with Gasteiger partial charge in [-0.1, -0.05) is 43.3 Å². The van der Waals surface area contributed by atoms with Crippen molar-refractivity contribution < 1.29 is 9.59 Å². The first kappa shape index (κ1) is 21.1. The number of carbonyl (C=O) groups is 2. The summed E-state index contributed by atoms with van der Waals surface area (Å²) in [7, 11) is 0. The van der Waals surface area contributed by atoms with Gasteiger partial charge in [0.15, 0.2) is 0 Å². The molecule has 0 saturated carbocycles. The summed E-state index contributed by atoms with van der Waals surface area (Å²) in [6, 6.07) is 20.7. The predicted octanol–water partition coefficient (Wildman–Crippen LogP) is 5.17. The van der Waals surface area contributed by atoms with Gasteiger partial charge in [0.1, 0.15) is 0 Å². The van der Waals surface area contributed by atoms with E-state index in [4.69, 9.17) is 0 Å². The van der Waals surface area contributed by atoms with Gasteiger partial charge in [-0.25, -0.2) is 0 Å². The number of carbonyl (C=O) groups excluding carboxylic acids is 2. The van der Waals surface area contributed by atoms with Crippen molar-refractivity contribution in [3.05, 3.63) is 89.0 Å². The van der Waals surface area contributed by atoms with Gasteiger partial charge in [-0.05, 0) is 67.3 Å². The van der Waals surface area contributed by atoms with E-state index in [0.717, 1.165) is 28.9 Å². The molecular formula is C25H27N3O2. The average molecular weight is 402 g/mol. The minimum atomic E-state index is -0.225. The molecule has 0 fully saturated rings. The van der Waals surface area contributed by atoms with Crippen molar-refractivity contribution in [2.45, 2.75) is 27.2 Å². The summed E-state index contributed by atoms with van der Waals surface area (Å²) in [6.45, 7) is 6.13. The number of amides is 2. The van der Waals surface area contributed by atoms with Crippen LogP contribution in [0.15, 0.2) is 66.7 Å². The summed E-state index contributed by atoms with van der Waals surface area (Å²) >= 11 is 0. The van der Waals surface area contributed by atoms with Crippen molar-refractivity contribution in [1.82, 2.24) is 0 Å². The molecule has 0 spiro atoms. The number of rotatable bonds is 7. The summed E-state index contributed by atoms with van der Waals surface area (Å²) in [5.74, 6) is -0.397. The highest BCUT2D eigenvalue weighted by Crippen LogP contribution is 2.19. The number of hydrogen-bond acceptors (Lipinski definition) is 3. The molecule has 3 aromatic carbocycles. The summed E-state index contributed by atoms with van der Waals surface area (Å²) in [4.78, 5) is 25.2. The van der Waals surface area contributed by atoms with Gasteiger partial charge in [0.25, 0.3) is 5.91 Å². The van der Waals surface area contributed by atoms with E-state index in [1.54, 1.807) is 18.2 Å². The van der Waals surface area contributed by atoms with Crippen molar-refractivity contribution in [3.63, 3.8) is 0 Å². The summed E-state index contributed by atoms with van der Waals surface area (Å²) < 4.78 is 0. The van der Waals surface area contributed by atoms with Gasteiger partial charge < -0.3 is 16.0 Å². The van der Waals surface area contributed by atoms with E-state index in [2.05, 4.69) is 22.9 Å². The molecule has 0 unspecified atom stereocenters. The normalized spacial score (nSPS) is 10.4. The Kier molecular flexibility index (Phi) is 6.86. The molecule has 154 valence electrons. The van der Waals surface area contributed by atoms with E-state index in [-0.39, 0.29) is 18.4 Å². The van der Waals surface area contributed by atoms with Crippen LogP contribution in [0, 0.1) is 13.8 Å². The van der Waals surface area contributed by atoms with Gasteiger partial charge in [-0.2, -0.15) is 0 Å². The van der Waals surface area contributed by atoms with Gasteiger partial charge in [-0.15, -0.1) is 0 Å². The zero-order chi connectivity index (χ0) is 21.5. The van der Waals surface area contributed by atoms with Crippen LogP contribution >= 0.6 is 0 Å². The Labute approximate surface area is 177 Å². The third kappa shape index (κ3) is 5.26. The average Bonchev–Trinajstić information content (AvgIpc) is 2.76. The van der Waals surface area contributed by atoms with Gasteiger partial charge >= 0.3 is 0 Å². The van der Waals surface area contributed by atoms with E-state index in [1.165, 1.54) is 5.56 Å². The highest BCUT2D eigenvalue weighted by atomic mass is 16.2. The van der Waals surface area contributed by atoms with Crippen LogP contribution in [0.2, 0.25) is 0 Å². The maximum Gasteiger partial charge on any atom is 0.257 e. The molecule has 5 heteroatoms.